The summed E-state index contributed by atoms with van der Waals surface area (Å²) in [6.45, 7) is 0. The van der Waals surface area contributed by atoms with Gasteiger partial charge in [0.1, 0.15) is 0 Å². The zero-order chi connectivity index (χ0) is 11.2. The summed E-state index contributed by atoms with van der Waals surface area (Å²) in [4.78, 5) is 4.43. The van der Waals surface area contributed by atoms with E-state index in [1.807, 2.05) is 24.5 Å². The summed E-state index contributed by atoms with van der Waals surface area (Å²) in [5, 5.41) is 3.53. The minimum Gasteiger partial charge on any atom is -0.358 e. The number of rotatable bonds is 0. The van der Waals surface area contributed by atoms with E-state index < -0.39 is 0 Å². The standard InChI is InChI=1S/C15H9N2.CH3.Pt.Y/c1-2-7-13-11(5-1)12-6-3-4-8-14(12)17-10-9-16-15(13)17;;;/h1-6,8-10H;1H3;;/q2*-1;+2;. The van der Waals surface area contributed by atoms with E-state index in [0.717, 1.165) is 11.0 Å². The predicted octanol–water partition coefficient (Wildman–Crippen LogP) is 3.89. The van der Waals surface area contributed by atoms with Crippen molar-refractivity contribution >= 4 is 27.3 Å². The second kappa shape index (κ2) is 6.94. The van der Waals surface area contributed by atoms with Crippen LogP contribution in [0.25, 0.3) is 27.3 Å². The number of fused-ring (bicyclic) bond motifs is 6. The van der Waals surface area contributed by atoms with Crippen LogP contribution < -0.4 is 0 Å². The summed E-state index contributed by atoms with van der Waals surface area (Å²) in [5.74, 6) is 0. The molecule has 2 nitrogen and oxygen atoms in total. The number of para-hydroxylation sites is 1. The quantitative estimate of drug-likeness (QED) is 0.256. The van der Waals surface area contributed by atoms with E-state index in [1.54, 1.807) is 0 Å². The first-order valence-electron chi connectivity index (χ1n) is 5.59. The first kappa shape index (κ1) is 17.5. The molecule has 0 atom stereocenters. The third kappa shape index (κ3) is 2.50. The summed E-state index contributed by atoms with van der Waals surface area (Å²) in [5.41, 5.74) is 2.16. The molecule has 0 amide bonds. The fourth-order valence-electron chi connectivity index (χ4n) is 2.44. The number of aromatic nitrogens is 2. The van der Waals surface area contributed by atoms with Crippen molar-refractivity contribution in [2.75, 3.05) is 0 Å². The van der Waals surface area contributed by atoms with Crippen LogP contribution in [-0.2, 0) is 53.8 Å². The van der Waals surface area contributed by atoms with Gasteiger partial charge in [-0.25, -0.2) is 0 Å². The Morgan fingerprint density at radius 3 is 2.60 bits per heavy atom. The fraction of sp³-hybridized carbons (Fsp3) is 0. The van der Waals surface area contributed by atoms with Gasteiger partial charge in [0.25, 0.3) is 0 Å². The Bertz CT molecular complexity index is 785. The maximum absolute atomic E-state index is 4.43. The monoisotopic (exact) mass is 516 g/mol. The SMILES string of the molecule is [CH3-].[Pt+2].[Y].[c-]1cccc2c1c1nccn1c1ccccc21. The first-order valence-corrected chi connectivity index (χ1v) is 5.59. The Balaban J connectivity index is 0.000000667. The fourth-order valence-corrected chi connectivity index (χ4v) is 2.44. The van der Waals surface area contributed by atoms with Gasteiger partial charge in [-0.1, -0.05) is 23.6 Å². The maximum Gasteiger partial charge on any atom is 2.00 e. The number of pyridine rings is 1. The number of nitrogens with zero attached hydrogens (tertiary/aromatic N) is 2. The molecule has 0 N–H and O–H groups in total. The molecule has 20 heavy (non-hydrogen) atoms. The van der Waals surface area contributed by atoms with Crippen molar-refractivity contribution in [3.05, 3.63) is 68.4 Å². The molecule has 4 heteroatoms. The third-order valence-corrected chi connectivity index (χ3v) is 3.17. The Kier molecular flexibility index (Phi) is 6.07. The summed E-state index contributed by atoms with van der Waals surface area (Å²) >= 11 is 0. The predicted molar refractivity (Wildman–Crippen MR) is 75.5 cm³/mol. The molecule has 0 aliphatic carbocycles. The van der Waals surface area contributed by atoms with Gasteiger partial charge < -0.3 is 11.8 Å². The second-order valence-corrected chi connectivity index (χ2v) is 4.10. The van der Waals surface area contributed by atoms with Crippen LogP contribution in [0.5, 0.6) is 0 Å². The molecule has 0 aliphatic heterocycles. The largest absolute Gasteiger partial charge is 2.00 e. The molecule has 0 spiro atoms. The van der Waals surface area contributed by atoms with Gasteiger partial charge in [-0.15, -0.1) is 29.7 Å². The normalized spacial score (nSPS) is 9.80. The molecule has 0 fully saturated rings. The third-order valence-electron chi connectivity index (χ3n) is 3.17. The average molecular weight is 516 g/mol. The zero-order valence-corrected chi connectivity index (χ0v) is 16.1. The van der Waals surface area contributed by atoms with Gasteiger partial charge in [-0.05, 0) is 11.5 Å². The summed E-state index contributed by atoms with van der Waals surface area (Å²) < 4.78 is 2.12. The van der Waals surface area contributed by atoms with Gasteiger partial charge in [0, 0.05) is 50.6 Å². The maximum atomic E-state index is 4.43. The molecule has 2 heterocycles. The summed E-state index contributed by atoms with van der Waals surface area (Å²) in [7, 11) is 0. The van der Waals surface area contributed by atoms with Crippen molar-refractivity contribution in [3.63, 3.8) is 0 Å². The van der Waals surface area contributed by atoms with E-state index in [1.165, 1.54) is 16.3 Å². The zero-order valence-electron chi connectivity index (χ0n) is 11.0. The Hall–Kier alpha value is -0.558. The molecule has 2 aromatic heterocycles. The minimum atomic E-state index is 0. The van der Waals surface area contributed by atoms with E-state index in [0.29, 0.717) is 0 Å². The van der Waals surface area contributed by atoms with Crippen molar-refractivity contribution in [2.45, 2.75) is 0 Å². The van der Waals surface area contributed by atoms with Crippen molar-refractivity contribution < 1.29 is 53.8 Å². The Morgan fingerprint density at radius 2 is 1.75 bits per heavy atom. The molecule has 0 bridgehead atoms. The summed E-state index contributed by atoms with van der Waals surface area (Å²) in [6.07, 6.45) is 3.83. The van der Waals surface area contributed by atoms with Crippen molar-refractivity contribution in [1.82, 2.24) is 9.38 Å². The van der Waals surface area contributed by atoms with Crippen molar-refractivity contribution in [1.29, 1.82) is 0 Å². The van der Waals surface area contributed by atoms with Crippen LogP contribution in [0.2, 0.25) is 0 Å². The Morgan fingerprint density at radius 1 is 1.00 bits per heavy atom. The number of imidazole rings is 1. The number of hydrogen-bond acceptors (Lipinski definition) is 1. The van der Waals surface area contributed by atoms with E-state index in [9.17, 15) is 0 Å². The summed E-state index contributed by atoms with van der Waals surface area (Å²) in [6, 6.07) is 17.8. The topological polar surface area (TPSA) is 17.3 Å². The smallest absolute Gasteiger partial charge is 0.358 e. The Labute approximate surface area is 157 Å². The van der Waals surface area contributed by atoms with Crippen LogP contribution in [-0.4, -0.2) is 9.38 Å². The molecule has 2 aromatic carbocycles. The minimum absolute atomic E-state index is 0. The number of benzene rings is 2. The first-order chi connectivity index (χ1) is 8.45. The molecule has 0 unspecified atom stereocenters. The van der Waals surface area contributed by atoms with E-state index in [2.05, 4.69) is 45.8 Å². The van der Waals surface area contributed by atoms with Crippen molar-refractivity contribution in [2.24, 2.45) is 0 Å². The van der Waals surface area contributed by atoms with Gasteiger partial charge in [0.05, 0.1) is 5.65 Å². The molecular formula is C16H12N2PtY. The molecule has 1 radical (unpaired) electrons. The van der Waals surface area contributed by atoms with Crippen LogP contribution in [0.4, 0.5) is 0 Å². The van der Waals surface area contributed by atoms with Gasteiger partial charge >= 0.3 is 21.1 Å². The van der Waals surface area contributed by atoms with Gasteiger partial charge in [0.15, 0.2) is 0 Å². The van der Waals surface area contributed by atoms with Gasteiger partial charge in [0.2, 0.25) is 0 Å². The van der Waals surface area contributed by atoms with E-state index in [-0.39, 0.29) is 61.2 Å². The number of hydrogen-bond donors (Lipinski definition) is 0. The van der Waals surface area contributed by atoms with Crippen LogP contribution in [0.1, 0.15) is 0 Å². The van der Waals surface area contributed by atoms with Gasteiger partial charge in [-0.3, -0.25) is 4.98 Å². The molecule has 99 valence electrons. The van der Waals surface area contributed by atoms with Crippen molar-refractivity contribution in [3.8, 4) is 0 Å². The molecule has 0 saturated heterocycles. The van der Waals surface area contributed by atoms with Gasteiger partial charge in [-0.2, -0.15) is 0 Å². The average Bonchev–Trinajstić information content (AvgIpc) is 2.89. The molecular weight excluding hydrogens is 504 g/mol. The molecule has 0 saturated carbocycles. The molecule has 0 aliphatic rings. The second-order valence-electron chi connectivity index (χ2n) is 4.10. The van der Waals surface area contributed by atoms with E-state index in [4.69, 9.17) is 0 Å². The molecule has 4 rings (SSSR count). The van der Waals surface area contributed by atoms with E-state index >= 15 is 0 Å². The van der Waals surface area contributed by atoms with Crippen LogP contribution in [0, 0.1) is 13.5 Å². The molecule has 4 aromatic rings. The van der Waals surface area contributed by atoms with Crippen LogP contribution >= 0.6 is 0 Å². The van der Waals surface area contributed by atoms with Crippen LogP contribution in [0.3, 0.4) is 0 Å². The van der Waals surface area contributed by atoms with Crippen LogP contribution in [0.15, 0.2) is 54.9 Å².